The molecule has 1 aromatic heterocycles. The van der Waals surface area contributed by atoms with Crippen LogP contribution in [-0.2, 0) is 18.0 Å². The van der Waals surface area contributed by atoms with E-state index in [0.717, 1.165) is 5.16 Å². The molecule has 0 radical (unpaired) electrons. The van der Waals surface area contributed by atoms with E-state index >= 15 is 0 Å². The standard InChI is InChI=1S/C14H16ClN3O2S2/c1-9(2)21-14-16-11(8-18(14)3)13(19)17-22(20)12-7-5-4-6-10(12)15/h4-9H,1-3H3,(H,17,19). The van der Waals surface area contributed by atoms with Gasteiger partial charge in [0.1, 0.15) is 5.69 Å². The van der Waals surface area contributed by atoms with Gasteiger partial charge in [0.15, 0.2) is 16.1 Å². The maximum absolute atomic E-state index is 12.2. The van der Waals surface area contributed by atoms with Gasteiger partial charge in [-0.05, 0) is 12.1 Å². The minimum absolute atomic E-state index is 0.228. The molecule has 0 saturated carbocycles. The van der Waals surface area contributed by atoms with E-state index in [-0.39, 0.29) is 5.69 Å². The Labute approximate surface area is 141 Å². The minimum atomic E-state index is -1.72. The number of aromatic nitrogens is 2. The highest BCUT2D eigenvalue weighted by Crippen LogP contribution is 2.22. The lowest BCUT2D eigenvalue weighted by atomic mass is 10.4. The molecule has 0 bridgehead atoms. The second-order valence-corrected chi connectivity index (χ2v) is 7.95. The van der Waals surface area contributed by atoms with E-state index in [4.69, 9.17) is 11.6 Å². The molecule has 1 aromatic carbocycles. The van der Waals surface area contributed by atoms with Gasteiger partial charge in [-0.2, -0.15) is 0 Å². The summed E-state index contributed by atoms with van der Waals surface area (Å²) in [5, 5.41) is 1.44. The Hall–Kier alpha value is -1.31. The zero-order valence-corrected chi connectivity index (χ0v) is 14.8. The summed E-state index contributed by atoms with van der Waals surface area (Å²) < 4.78 is 16.4. The molecule has 5 nitrogen and oxygen atoms in total. The Balaban J connectivity index is 2.13. The lowest BCUT2D eigenvalue weighted by molar-refractivity contribution is 0.0978. The Kier molecular flexibility index (Phi) is 5.66. The van der Waals surface area contributed by atoms with Gasteiger partial charge < -0.3 is 4.57 Å². The highest BCUT2D eigenvalue weighted by atomic mass is 35.5. The van der Waals surface area contributed by atoms with Crippen LogP contribution < -0.4 is 4.72 Å². The molecule has 1 unspecified atom stereocenters. The molecule has 1 amide bonds. The van der Waals surface area contributed by atoms with Crippen molar-refractivity contribution in [2.24, 2.45) is 7.05 Å². The van der Waals surface area contributed by atoms with Crippen molar-refractivity contribution in [3.05, 3.63) is 41.2 Å². The zero-order valence-electron chi connectivity index (χ0n) is 12.4. The molecule has 118 valence electrons. The fourth-order valence-electron chi connectivity index (χ4n) is 1.67. The van der Waals surface area contributed by atoms with Gasteiger partial charge in [0.2, 0.25) is 0 Å². The van der Waals surface area contributed by atoms with Gasteiger partial charge >= 0.3 is 0 Å². The topological polar surface area (TPSA) is 64.0 Å². The van der Waals surface area contributed by atoms with Crippen molar-refractivity contribution in [2.45, 2.75) is 29.1 Å². The quantitative estimate of drug-likeness (QED) is 0.835. The van der Waals surface area contributed by atoms with Crippen molar-refractivity contribution in [1.29, 1.82) is 0 Å². The molecule has 0 aliphatic heterocycles. The SMILES string of the molecule is CC(C)Sc1nc(C(=O)NS(=O)c2ccccc2Cl)cn1C. The van der Waals surface area contributed by atoms with Crippen molar-refractivity contribution in [3.8, 4) is 0 Å². The first-order valence-electron chi connectivity index (χ1n) is 6.55. The number of rotatable bonds is 5. The summed E-state index contributed by atoms with van der Waals surface area (Å²) in [4.78, 5) is 16.8. The summed E-state index contributed by atoms with van der Waals surface area (Å²) in [6.07, 6.45) is 1.61. The Bertz CT molecular complexity index is 716. The summed E-state index contributed by atoms with van der Waals surface area (Å²) in [5.41, 5.74) is 0.228. The maximum atomic E-state index is 12.2. The molecule has 0 fully saturated rings. The molecule has 1 atom stereocenters. The summed E-state index contributed by atoms with van der Waals surface area (Å²) in [6, 6.07) is 6.68. The Morgan fingerprint density at radius 2 is 2.09 bits per heavy atom. The first-order chi connectivity index (χ1) is 10.4. The Morgan fingerprint density at radius 1 is 1.41 bits per heavy atom. The second kappa shape index (κ2) is 7.30. The number of benzene rings is 1. The summed E-state index contributed by atoms with van der Waals surface area (Å²) >= 11 is 7.52. The number of hydrogen-bond donors (Lipinski definition) is 1. The normalized spacial score (nSPS) is 12.4. The fourth-order valence-corrected chi connectivity index (χ4v) is 3.63. The number of imidazole rings is 1. The lowest BCUT2D eigenvalue weighted by Gasteiger charge is -2.04. The average Bonchev–Trinajstić information content (AvgIpc) is 2.80. The zero-order chi connectivity index (χ0) is 16.3. The van der Waals surface area contributed by atoms with Gasteiger partial charge in [-0.1, -0.05) is 49.3 Å². The van der Waals surface area contributed by atoms with Crippen molar-refractivity contribution >= 4 is 40.3 Å². The minimum Gasteiger partial charge on any atom is -0.328 e. The van der Waals surface area contributed by atoms with E-state index < -0.39 is 16.9 Å². The van der Waals surface area contributed by atoms with Crippen LogP contribution in [0.5, 0.6) is 0 Å². The third kappa shape index (κ3) is 4.12. The molecule has 0 aliphatic rings. The third-order valence-electron chi connectivity index (χ3n) is 2.63. The van der Waals surface area contributed by atoms with E-state index in [1.54, 1.807) is 46.8 Å². The van der Waals surface area contributed by atoms with Crippen LogP contribution in [-0.4, -0.2) is 24.9 Å². The molecule has 0 saturated heterocycles. The molecular weight excluding hydrogens is 342 g/mol. The van der Waals surface area contributed by atoms with Crippen LogP contribution >= 0.6 is 23.4 Å². The second-order valence-electron chi connectivity index (χ2n) is 4.82. The van der Waals surface area contributed by atoms with Crippen molar-refractivity contribution in [2.75, 3.05) is 0 Å². The maximum Gasteiger partial charge on any atom is 0.283 e. The summed E-state index contributed by atoms with van der Waals surface area (Å²) in [5.74, 6) is -0.496. The number of carbonyl (C=O) groups is 1. The highest BCUT2D eigenvalue weighted by molar-refractivity contribution is 7.99. The monoisotopic (exact) mass is 357 g/mol. The molecule has 22 heavy (non-hydrogen) atoms. The Morgan fingerprint density at radius 3 is 2.73 bits per heavy atom. The predicted octanol–water partition coefficient (Wildman–Crippen LogP) is 3.03. The lowest BCUT2D eigenvalue weighted by Crippen LogP contribution is -2.26. The fraction of sp³-hybridized carbons (Fsp3) is 0.286. The van der Waals surface area contributed by atoms with Gasteiger partial charge in [0, 0.05) is 18.5 Å². The average molecular weight is 358 g/mol. The molecule has 0 aliphatic carbocycles. The van der Waals surface area contributed by atoms with Crippen molar-refractivity contribution < 1.29 is 9.00 Å². The van der Waals surface area contributed by atoms with E-state index in [1.807, 2.05) is 20.9 Å². The van der Waals surface area contributed by atoms with Crippen LogP contribution in [0.1, 0.15) is 24.3 Å². The van der Waals surface area contributed by atoms with Gasteiger partial charge in [0.05, 0.1) is 9.92 Å². The molecule has 2 aromatic rings. The van der Waals surface area contributed by atoms with E-state index in [2.05, 4.69) is 9.71 Å². The highest BCUT2D eigenvalue weighted by Gasteiger charge is 2.17. The first-order valence-corrected chi connectivity index (χ1v) is 8.96. The molecule has 1 heterocycles. The van der Waals surface area contributed by atoms with Gasteiger partial charge in [0.25, 0.3) is 5.91 Å². The van der Waals surface area contributed by atoms with Crippen molar-refractivity contribution in [1.82, 2.24) is 14.3 Å². The largest absolute Gasteiger partial charge is 0.328 e. The first kappa shape index (κ1) is 17.1. The molecular formula is C14H16ClN3O2S2. The number of halogens is 1. The molecule has 2 rings (SSSR count). The van der Waals surface area contributed by atoms with Crippen LogP contribution in [0.4, 0.5) is 0 Å². The van der Waals surface area contributed by atoms with E-state index in [9.17, 15) is 9.00 Å². The smallest absolute Gasteiger partial charge is 0.283 e. The number of aryl methyl sites for hydroxylation is 1. The third-order valence-corrected chi connectivity index (χ3v) is 5.26. The molecule has 1 N–H and O–H groups in total. The van der Waals surface area contributed by atoms with Crippen molar-refractivity contribution in [3.63, 3.8) is 0 Å². The van der Waals surface area contributed by atoms with Crippen LogP contribution in [0, 0.1) is 0 Å². The number of nitrogens with one attached hydrogen (secondary N) is 1. The van der Waals surface area contributed by atoms with E-state index in [1.165, 1.54) is 0 Å². The number of amides is 1. The van der Waals surface area contributed by atoms with Crippen LogP contribution in [0.2, 0.25) is 5.02 Å². The molecule has 0 spiro atoms. The summed E-state index contributed by atoms with van der Waals surface area (Å²) in [6.45, 7) is 4.09. The predicted molar refractivity (Wildman–Crippen MR) is 89.5 cm³/mol. The van der Waals surface area contributed by atoms with Gasteiger partial charge in [-0.3, -0.25) is 9.52 Å². The number of carbonyl (C=O) groups excluding carboxylic acids is 1. The van der Waals surface area contributed by atoms with Gasteiger partial charge in [-0.15, -0.1) is 0 Å². The number of hydrogen-bond acceptors (Lipinski definition) is 4. The van der Waals surface area contributed by atoms with Crippen LogP contribution in [0.25, 0.3) is 0 Å². The van der Waals surface area contributed by atoms with E-state index in [0.29, 0.717) is 15.2 Å². The van der Waals surface area contributed by atoms with Crippen LogP contribution in [0.15, 0.2) is 40.5 Å². The summed E-state index contributed by atoms with van der Waals surface area (Å²) in [7, 11) is 0.0978. The molecule has 8 heteroatoms. The van der Waals surface area contributed by atoms with Gasteiger partial charge in [-0.25, -0.2) is 9.19 Å². The number of thioether (sulfide) groups is 1. The number of nitrogens with zero attached hydrogens (tertiary/aromatic N) is 2. The van der Waals surface area contributed by atoms with Crippen LogP contribution in [0.3, 0.4) is 0 Å².